The number of hydrogen-bond acceptors (Lipinski definition) is 3. The second kappa shape index (κ2) is 4.05. The first-order valence-electron chi connectivity index (χ1n) is 6.06. The maximum atomic E-state index is 11.6. The zero-order chi connectivity index (χ0) is 13.6. The Labute approximate surface area is 110 Å². The van der Waals surface area contributed by atoms with E-state index in [1.54, 1.807) is 0 Å². The highest BCUT2D eigenvalue weighted by atomic mass is 16.2. The minimum absolute atomic E-state index is 0.318. The molecule has 19 heavy (non-hydrogen) atoms. The molecule has 5 heteroatoms. The van der Waals surface area contributed by atoms with Crippen LogP contribution in [0.5, 0.6) is 0 Å². The smallest absolute Gasteiger partial charge is 0.312 e. The lowest BCUT2D eigenvalue weighted by atomic mass is 10.1. The Morgan fingerprint density at radius 3 is 2.42 bits per heavy atom. The molecule has 5 nitrogen and oxygen atoms in total. The van der Waals surface area contributed by atoms with E-state index in [1.807, 2.05) is 26.0 Å². The monoisotopic (exact) mass is 254 g/mol. The van der Waals surface area contributed by atoms with Crippen molar-refractivity contribution in [1.29, 1.82) is 0 Å². The van der Waals surface area contributed by atoms with Gasteiger partial charge in [-0.3, -0.25) is 5.32 Å². The highest BCUT2D eigenvalue weighted by molar-refractivity contribution is 5.92. The van der Waals surface area contributed by atoms with Gasteiger partial charge in [0.15, 0.2) is 5.82 Å². The molecule has 0 unspecified atom stereocenters. The van der Waals surface area contributed by atoms with E-state index >= 15 is 0 Å². The molecule has 1 aromatic heterocycles. The third-order valence-electron chi connectivity index (χ3n) is 3.25. The minimum Gasteiger partial charge on any atom is -0.312 e. The van der Waals surface area contributed by atoms with E-state index in [0.29, 0.717) is 17.9 Å². The van der Waals surface area contributed by atoms with Gasteiger partial charge in [0.05, 0.1) is 16.7 Å². The summed E-state index contributed by atoms with van der Waals surface area (Å²) in [6.07, 6.45) is 0.490. The number of benzene rings is 1. The highest BCUT2D eigenvalue weighted by Crippen LogP contribution is 2.23. The number of aryl methyl sites for hydroxylation is 2. The van der Waals surface area contributed by atoms with Crippen LogP contribution in [0.1, 0.15) is 16.8 Å². The van der Waals surface area contributed by atoms with E-state index in [4.69, 9.17) is 0 Å². The molecule has 1 aliphatic heterocycles. The molecule has 0 radical (unpaired) electrons. The first-order valence-corrected chi connectivity index (χ1v) is 6.06. The van der Waals surface area contributed by atoms with Crippen molar-refractivity contribution in [3.05, 3.63) is 41.2 Å². The molecule has 0 spiro atoms. The number of carbonyl (C=O) groups is 1. The van der Waals surface area contributed by atoms with Crippen LogP contribution >= 0.6 is 0 Å². The molecule has 96 valence electrons. The number of aromatic nitrogens is 2. The predicted molar refractivity (Wildman–Crippen MR) is 74.0 cm³/mol. The molecule has 0 fully saturated rings. The Kier molecular flexibility index (Phi) is 2.48. The van der Waals surface area contributed by atoms with Crippen molar-refractivity contribution in [2.45, 2.75) is 20.3 Å². The summed E-state index contributed by atoms with van der Waals surface area (Å²) in [5.41, 5.74) is 5.31. The maximum Gasteiger partial charge on any atom is 0.324 e. The first kappa shape index (κ1) is 11.6. The predicted octanol–water partition coefficient (Wildman–Crippen LogP) is 2.44. The van der Waals surface area contributed by atoms with Crippen LogP contribution < -0.4 is 10.6 Å². The molecule has 0 aliphatic carbocycles. The number of rotatable bonds is 0. The standard InChI is InChI=1S/C14H14N4O/c1-7-4-10-11(5-8(7)2)17-13-12(16-10)6-9(3)15-14(19)18-13/h4-5H,3,6H2,1-2H3,(H2,15,17,18,19). The van der Waals surface area contributed by atoms with Crippen molar-refractivity contribution >= 4 is 22.9 Å². The van der Waals surface area contributed by atoms with Gasteiger partial charge >= 0.3 is 6.03 Å². The van der Waals surface area contributed by atoms with Crippen molar-refractivity contribution in [1.82, 2.24) is 15.3 Å². The first-order chi connectivity index (χ1) is 9.02. The number of urea groups is 1. The average Bonchev–Trinajstić information content (AvgIpc) is 2.44. The van der Waals surface area contributed by atoms with Crippen molar-refractivity contribution in [3.63, 3.8) is 0 Å². The van der Waals surface area contributed by atoms with Crippen LogP contribution in [-0.4, -0.2) is 16.0 Å². The third kappa shape index (κ3) is 2.03. The van der Waals surface area contributed by atoms with Crippen LogP contribution in [0.4, 0.5) is 10.6 Å². The van der Waals surface area contributed by atoms with Crippen LogP contribution in [0.25, 0.3) is 11.0 Å². The van der Waals surface area contributed by atoms with Gasteiger partial charge in [-0.05, 0) is 37.1 Å². The van der Waals surface area contributed by atoms with Crippen LogP contribution in [0, 0.1) is 13.8 Å². The molecular weight excluding hydrogens is 240 g/mol. The Hall–Kier alpha value is -2.43. The Morgan fingerprint density at radius 2 is 1.74 bits per heavy atom. The fraction of sp³-hybridized carbons (Fsp3) is 0.214. The summed E-state index contributed by atoms with van der Waals surface area (Å²) in [6.45, 7) is 7.87. The van der Waals surface area contributed by atoms with Gasteiger partial charge in [-0.1, -0.05) is 6.58 Å². The van der Waals surface area contributed by atoms with E-state index < -0.39 is 0 Å². The zero-order valence-corrected chi connectivity index (χ0v) is 10.9. The number of nitrogens with one attached hydrogen (secondary N) is 2. The maximum absolute atomic E-state index is 11.6. The number of carbonyl (C=O) groups excluding carboxylic acids is 1. The Bertz CT molecular complexity index is 660. The summed E-state index contributed by atoms with van der Waals surface area (Å²) < 4.78 is 0. The van der Waals surface area contributed by atoms with Crippen molar-refractivity contribution < 1.29 is 4.79 Å². The SMILES string of the molecule is C=C1Cc2nc3cc(C)c(C)cc3nc2NC(=O)N1. The lowest BCUT2D eigenvalue weighted by molar-refractivity contribution is 0.254. The van der Waals surface area contributed by atoms with E-state index in [2.05, 4.69) is 27.2 Å². The zero-order valence-electron chi connectivity index (χ0n) is 10.9. The molecule has 0 bridgehead atoms. The van der Waals surface area contributed by atoms with Gasteiger partial charge in [0, 0.05) is 12.1 Å². The van der Waals surface area contributed by atoms with Gasteiger partial charge in [0.1, 0.15) is 0 Å². The number of fused-ring (bicyclic) bond motifs is 2. The molecular formula is C14H14N4O. The van der Waals surface area contributed by atoms with Gasteiger partial charge in [-0.15, -0.1) is 0 Å². The van der Waals surface area contributed by atoms with Gasteiger partial charge in [-0.2, -0.15) is 0 Å². The van der Waals surface area contributed by atoms with Gasteiger partial charge in [0.25, 0.3) is 0 Å². The lowest BCUT2D eigenvalue weighted by Gasteiger charge is -2.08. The van der Waals surface area contributed by atoms with E-state index in [0.717, 1.165) is 22.3 Å². The third-order valence-corrected chi connectivity index (χ3v) is 3.25. The van der Waals surface area contributed by atoms with Gasteiger partial charge in [-0.25, -0.2) is 14.8 Å². The summed E-state index contributed by atoms with van der Waals surface area (Å²) in [7, 11) is 0. The van der Waals surface area contributed by atoms with E-state index in [9.17, 15) is 4.79 Å². The second-order valence-corrected chi connectivity index (χ2v) is 4.80. The second-order valence-electron chi connectivity index (χ2n) is 4.80. The van der Waals surface area contributed by atoms with Crippen LogP contribution in [0.15, 0.2) is 24.4 Å². The van der Waals surface area contributed by atoms with Crippen LogP contribution in [-0.2, 0) is 6.42 Å². The lowest BCUT2D eigenvalue weighted by Crippen LogP contribution is -2.25. The molecule has 3 rings (SSSR count). The number of anilines is 1. The summed E-state index contributed by atoms with van der Waals surface area (Å²) in [4.78, 5) is 20.6. The average molecular weight is 254 g/mol. The molecule has 1 aliphatic rings. The van der Waals surface area contributed by atoms with Crippen molar-refractivity contribution in [2.75, 3.05) is 5.32 Å². The van der Waals surface area contributed by atoms with Crippen molar-refractivity contribution in [3.8, 4) is 0 Å². The Morgan fingerprint density at radius 1 is 1.11 bits per heavy atom. The molecule has 0 saturated carbocycles. The van der Waals surface area contributed by atoms with E-state index in [1.165, 1.54) is 5.56 Å². The van der Waals surface area contributed by atoms with E-state index in [-0.39, 0.29) is 6.03 Å². The summed E-state index contributed by atoms with van der Waals surface area (Å²) in [5, 5.41) is 5.34. The molecule has 0 saturated heterocycles. The molecule has 2 aromatic rings. The normalized spacial score (nSPS) is 14.6. The highest BCUT2D eigenvalue weighted by Gasteiger charge is 2.18. The minimum atomic E-state index is -0.318. The number of hydrogen-bond donors (Lipinski definition) is 2. The van der Waals surface area contributed by atoms with Crippen molar-refractivity contribution in [2.24, 2.45) is 0 Å². The van der Waals surface area contributed by atoms with Gasteiger partial charge < -0.3 is 5.32 Å². The summed E-state index contributed by atoms with van der Waals surface area (Å²) >= 11 is 0. The fourth-order valence-corrected chi connectivity index (χ4v) is 2.12. The van der Waals surface area contributed by atoms with Crippen LogP contribution in [0.2, 0.25) is 0 Å². The molecule has 2 heterocycles. The molecule has 0 atom stereocenters. The van der Waals surface area contributed by atoms with Crippen LogP contribution in [0.3, 0.4) is 0 Å². The molecule has 2 amide bonds. The Balaban J connectivity index is 2.23. The summed E-state index contributed by atoms with van der Waals surface area (Å²) in [6, 6.07) is 3.68. The fourth-order valence-electron chi connectivity index (χ4n) is 2.12. The number of allylic oxidation sites excluding steroid dienone is 1. The van der Waals surface area contributed by atoms with Gasteiger partial charge in [0.2, 0.25) is 0 Å². The largest absolute Gasteiger partial charge is 0.324 e. The number of amides is 2. The number of nitrogens with zero attached hydrogens (tertiary/aromatic N) is 2. The topological polar surface area (TPSA) is 66.9 Å². The molecule has 1 aromatic carbocycles. The quantitative estimate of drug-likeness (QED) is 0.758. The summed E-state index contributed by atoms with van der Waals surface area (Å²) in [5.74, 6) is 0.506. The molecule has 2 N–H and O–H groups in total.